The molecule has 0 amide bonds. The van der Waals surface area contributed by atoms with Crippen LogP contribution in [0, 0.1) is 10.1 Å². The summed E-state index contributed by atoms with van der Waals surface area (Å²) in [5.74, 6) is 0.202. The zero-order valence-corrected chi connectivity index (χ0v) is 10.6. The molecule has 1 aliphatic carbocycles. The molecule has 1 aliphatic rings. The molecule has 0 bridgehead atoms. The van der Waals surface area contributed by atoms with Crippen molar-refractivity contribution in [2.45, 2.75) is 31.8 Å². The summed E-state index contributed by atoms with van der Waals surface area (Å²) in [7, 11) is 0. The number of benzene rings is 1. The predicted molar refractivity (Wildman–Crippen MR) is 69.0 cm³/mol. The number of ether oxygens (including phenoxy) is 1. The highest BCUT2D eigenvalue weighted by molar-refractivity contribution is 5.48. The lowest BCUT2D eigenvalue weighted by molar-refractivity contribution is -0.385. The smallest absolute Gasteiger partial charge is 0.311 e. The molecular formula is C13H17FN2O3. The van der Waals surface area contributed by atoms with Gasteiger partial charge in [-0.05, 0) is 24.5 Å². The lowest BCUT2D eigenvalue weighted by Crippen LogP contribution is -2.15. The average molecular weight is 268 g/mol. The van der Waals surface area contributed by atoms with Crippen molar-refractivity contribution in [3.05, 3.63) is 33.9 Å². The molecule has 19 heavy (non-hydrogen) atoms. The molecule has 0 radical (unpaired) electrons. The molecule has 104 valence electrons. The summed E-state index contributed by atoms with van der Waals surface area (Å²) in [6.07, 6.45) is 2.58. The maximum Gasteiger partial charge on any atom is 0.311 e. The van der Waals surface area contributed by atoms with Crippen LogP contribution in [0.25, 0.3) is 0 Å². The maximum absolute atomic E-state index is 12.0. The molecule has 1 saturated carbocycles. The number of nitro groups is 1. The van der Waals surface area contributed by atoms with Crippen LogP contribution < -0.4 is 10.1 Å². The second-order valence-corrected chi connectivity index (χ2v) is 4.61. The summed E-state index contributed by atoms with van der Waals surface area (Å²) in [5, 5.41) is 14.3. The number of halogens is 1. The van der Waals surface area contributed by atoms with E-state index in [9.17, 15) is 14.5 Å². The van der Waals surface area contributed by atoms with Gasteiger partial charge >= 0.3 is 5.69 Å². The molecule has 1 aromatic carbocycles. The van der Waals surface area contributed by atoms with Crippen LogP contribution in [-0.2, 0) is 6.54 Å². The first-order valence-electron chi connectivity index (χ1n) is 6.40. The van der Waals surface area contributed by atoms with E-state index in [1.54, 1.807) is 12.1 Å². The van der Waals surface area contributed by atoms with Crippen molar-refractivity contribution in [2.24, 2.45) is 0 Å². The Morgan fingerprint density at radius 1 is 1.47 bits per heavy atom. The third-order valence-corrected chi connectivity index (χ3v) is 2.93. The van der Waals surface area contributed by atoms with Crippen molar-refractivity contribution >= 4 is 5.69 Å². The Labute approximate surface area is 110 Å². The van der Waals surface area contributed by atoms with Crippen LogP contribution in [0.4, 0.5) is 10.1 Å². The zero-order chi connectivity index (χ0) is 13.7. The van der Waals surface area contributed by atoms with Crippen LogP contribution in [0.2, 0.25) is 0 Å². The van der Waals surface area contributed by atoms with Crippen LogP contribution in [0.1, 0.15) is 24.8 Å². The minimum atomic E-state index is -0.489. The average Bonchev–Trinajstić information content (AvgIpc) is 3.21. The molecule has 1 aromatic rings. The summed E-state index contributed by atoms with van der Waals surface area (Å²) in [5.41, 5.74) is 0.797. The Kier molecular flexibility index (Phi) is 4.68. The molecule has 0 atom stereocenters. The van der Waals surface area contributed by atoms with Crippen molar-refractivity contribution in [2.75, 3.05) is 13.3 Å². The van der Waals surface area contributed by atoms with Gasteiger partial charge in [-0.3, -0.25) is 14.5 Å². The summed E-state index contributed by atoms with van der Waals surface area (Å²) in [6, 6.07) is 5.45. The Bertz CT molecular complexity index is 450. The van der Waals surface area contributed by atoms with Crippen molar-refractivity contribution in [1.82, 2.24) is 5.32 Å². The lowest BCUT2D eigenvalue weighted by atomic mass is 10.2. The number of nitrogens with zero attached hydrogens (tertiary/aromatic N) is 1. The number of nitrogens with one attached hydrogen (secondary N) is 1. The Morgan fingerprint density at radius 2 is 2.26 bits per heavy atom. The van der Waals surface area contributed by atoms with Crippen LogP contribution in [0.5, 0.6) is 5.75 Å². The van der Waals surface area contributed by atoms with Gasteiger partial charge in [0, 0.05) is 25.1 Å². The fraction of sp³-hybridized carbons (Fsp3) is 0.538. The normalized spacial score (nSPS) is 14.4. The van der Waals surface area contributed by atoms with Gasteiger partial charge in [-0.2, -0.15) is 0 Å². The van der Waals surface area contributed by atoms with Gasteiger partial charge < -0.3 is 10.1 Å². The van der Waals surface area contributed by atoms with Crippen molar-refractivity contribution in [3.63, 3.8) is 0 Å². The number of hydrogen-bond donors (Lipinski definition) is 1. The monoisotopic (exact) mass is 268 g/mol. The second kappa shape index (κ2) is 6.47. The summed E-state index contributed by atoms with van der Waals surface area (Å²) in [4.78, 5) is 10.5. The van der Waals surface area contributed by atoms with E-state index in [1.165, 1.54) is 18.9 Å². The zero-order valence-electron chi connectivity index (χ0n) is 10.6. The number of hydrogen-bond acceptors (Lipinski definition) is 4. The SMILES string of the molecule is O=[N+]([O-])c1cc(CNC2CC2)ccc1OCCCF. The van der Waals surface area contributed by atoms with E-state index in [0.717, 1.165) is 5.56 Å². The highest BCUT2D eigenvalue weighted by Gasteiger charge is 2.21. The standard InChI is InChI=1S/C13H17FN2O3/c14-6-1-7-19-13-5-2-10(8-12(13)16(17)18)9-15-11-3-4-11/h2,5,8,11,15H,1,3-4,6-7,9H2. The molecule has 1 fully saturated rings. The van der Waals surface area contributed by atoms with E-state index in [-0.39, 0.29) is 24.5 Å². The summed E-state index contributed by atoms with van der Waals surface area (Å²) in [6.45, 7) is 0.282. The van der Waals surface area contributed by atoms with Crippen molar-refractivity contribution in [3.8, 4) is 5.75 Å². The van der Waals surface area contributed by atoms with Crippen LogP contribution in [0.15, 0.2) is 18.2 Å². The molecule has 0 heterocycles. The van der Waals surface area contributed by atoms with Crippen molar-refractivity contribution in [1.29, 1.82) is 0 Å². The van der Waals surface area contributed by atoms with Gasteiger partial charge in [0.25, 0.3) is 0 Å². The van der Waals surface area contributed by atoms with Crippen molar-refractivity contribution < 1.29 is 14.1 Å². The van der Waals surface area contributed by atoms with E-state index in [4.69, 9.17) is 4.74 Å². The van der Waals surface area contributed by atoms with E-state index in [0.29, 0.717) is 12.6 Å². The molecule has 0 aromatic heterocycles. The maximum atomic E-state index is 12.0. The van der Waals surface area contributed by atoms with Crippen LogP contribution >= 0.6 is 0 Å². The largest absolute Gasteiger partial charge is 0.487 e. The third kappa shape index (κ3) is 4.17. The minimum absolute atomic E-state index is 0.0612. The molecule has 0 aliphatic heterocycles. The topological polar surface area (TPSA) is 64.4 Å². The summed E-state index contributed by atoms with van der Waals surface area (Å²) >= 11 is 0. The molecule has 0 unspecified atom stereocenters. The number of rotatable bonds is 8. The van der Waals surface area contributed by atoms with E-state index in [2.05, 4.69) is 5.32 Å². The highest BCUT2D eigenvalue weighted by Crippen LogP contribution is 2.28. The van der Waals surface area contributed by atoms with Gasteiger partial charge in [0.1, 0.15) is 0 Å². The van der Waals surface area contributed by atoms with Gasteiger partial charge in [0.15, 0.2) is 5.75 Å². The molecule has 0 saturated heterocycles. The van der Waals surface area contributed by atoms with Gasteiger partial charge in [-0.1, -0.05) is 6.07 Å². The molecule has 6 heteroatoms. The summed E-state index contributed by atoms with van der Waals surface area (Å²) < 4.78 is 17.2. The van der Waals surface area contributed by atoms with Gasteiger partial charge in [0.05, 0.1) is 18.2 Å². The number of alkyl halides is 1. The Morgan fingerprint density at radius 3 is 2.89 bits per heavy atom. The van der Waals surface area contributed by atoms with E-state index in [1.807, 2.05) is 0 Å². The fourth-order valence-electron chi connectivity index (χ4n) is 1.72. The van der Waals surface area contributed by atoms with Gasteiger partial charge in [-0.15, -0.1) is 0 Å². The van der Waals surface area contributed by atoms with Gasteiger partial charge in [-0.25, -0.2) is 0 Å². The first-order chi connectivity index (χ1) is 9.20. The molecule has 1 N–H and O–H groups in total. The number of nitro benzene ring substituents is 1. The second-order valence-electron chi connectivity index (χ2n) is 4.61. The first kappa shape index (κ1) is 13.7. The predicted octanol–water partition coefficient (Wildman–Crippen LogP) is 2.59. The van der Waals surface area contributed by atoms with Gasteiger partial charge in [0.2, 0.25) is 0 Å². The highest BCUT2D eigenvalue weighted by atomic mass is 19.1. The van der Waals surface area contributed by atoms with Crippen LogP contribution in [0.3, 0.4) is 0 Å². The van der Waals surface area contributed by atoms with Crippen LogP contribution in [-0.4, -0.2) is 24.2 Å². The first-order valence-corrected chi connectivity index (χ1v) is 6.40. The molecular weight excluding hydrogens is 251 g/mol. The fourth-order valence-corrected chi connectivity index (χ4v) is 1.72. The Balaban J connectivity index is 2.02. The van der Waals surface area contributed by atoms with E-state index < -0.39 is 11.6 Å². The molecule has 0 spiro atoms. The minimum Gasteiger partial charge on any atom is -0.487 e. The third-order valence-electron chi connectivity index (χ3n) is 2.93. The van der Waals surface area contributed by atoms with E-state index >= 15 is 0 Å². The lowest BCUT2D eigenvalue weighted by Gasteiger charge is -2.08. The molecule has 2 rings (SSSR count). The quantitative estimate of drug-likeness (QED) is 0.447. The Hall–Kier alpha value is -1.69. The molecule has 5 nitrogen and oxygen atoms in total.